The summed E-state index contributed by atoms with van der Waals surface area (Å²) in [7, 11) is 0. The predicted molar refractivity (Wildman–Crippen MR) is 63.1 cm³/mol. The van der Waals surface area contributed by atoms with Crippen LogP contribution in [0.2, 0.25) is 0 Å². The normalized spacial score (nSPS) is 18.6. The van der Waals surface area contributed by atoms with Crippen LogP contribution >= 0.6 is 15.9 Å². The molecule has 0 unspecified atom stereocenters. The summed E-state index contributed by atoms with van der Waals surface area (Å²) < 4.78 is 13.9. The summed E-state index contributed by atoms with van der Waals surface area (Å²) in [5, 5.41) is 0. The van der Waals surface area contributed by atoms with Gasteiger partial charge in [-0.15, -0.1) is 0 Å². The van der Waals surface area contributed by atoms with Gasteiger partial charge in [-0.25, -0.2) is 4.39 Å². The van der Waals surface area contributed by atoms with Crippen molar-refractivity contribution in [3.05, 3.63) is 34.1 Å². The van der Waals surface area contributed by atoms with Crippen LogP contribution in [0.1, 0.15) is 24.8 Å². The highest BCUT2D eigenvalue weighted by Gasteiger charge is 2.36. The molecule has 0 saturated heterocycles. The van der Waals surface area contributed by atoms with E-state index in [0.29, 0.717) is 11.0 Å². The second-order valence-corrected chi connectivity index (χ2v) is 5.24. The standard InChI is InChI=1S/C12H15BrFN/c13-11-9(3-1-4-10(11)14)7-12(8-15)5-2-6-12/h1,3-4H,2,5-8,15H2. The Balaban J connectivity index is 2.20. The Labute approximate surface area is 98.0 Å². The van der Waals surface area contributed by atoms with Gasteiger partial charge in [-0.3, -0.25) is 0 Å². The van der Waals surface area contributed by atoms with E-state index in [2.05, 4.69) is 15.9 Å². The fourth-order valence-corrected chi connectivity index (χ4v) is 2.62. The third kappa shape index (κ3) is 2.08. The van der Waals surface area contributed by atoms with Crippen molar-refractivity contribution in [2.45, 2.75) is 25.7 Å². The van der Waals surface area contributed by atoms with E-state index in [0.717, 1.165) is 12.0 Å². The Morgan fingerprint density at radius 3 is 2.67 bits per heavy atom. The summed E-state index contributed by atoms with van der Waals surface area (Å²) >= 11 is 3.30. The van der Waals surface area contributed by atoms with E-state index in [4.69, 9.17) is 5.73 Å². The molecule has 1 aliphatic rings. The number of hydrogen-bond donors (Lipinski definition) is 1. The van der Waals surface area contributed by atoms with Crippen LogP contribution in [0, 0.1) is 11.2 Å². The van der Waals surface area contributed by atoms with Crippen molar-refractivity contribution in [3.8, 4) is 0 Å². The highest BCUT2D eigenvalue weighted by molar-refractivity contribution is 9.10. The van der Waals surface area contributed by atoms with Crippen molar-refractivity contribution in [2.75, 3.05) is 6.54 Å². The molecule has 1 aromatic carbocycles. The SMILES string of the molecule is NCC1(Cc2cccc(F)c2Br)CCC1. The monoisotopic (exact) mass is 271 g/mol. The third-order valence-corrected chi connectivity index (χ3v) is 4.33. The van der Waals surface area contributed by atoms with Gasteiger partial charge in [0.2, 0.25) is 0 Å². The number of hydrogen-bond acceptors (Lipinski definition) is 1. The topological polar surface area (TPSA) is 26.0 Å². The van der Waals surface area contributed by atoms with Crippen LogP contribution in [0.5, 0.6) is 0 Å². The number of benzene rings is 1. The first-order valence-corrected chi connectivity index (χ1v) is 6.09. The van der Waals surface area contributed by atoms with Crippen molar-refractivity contribution in [1.82, 2.24) is 0 Å². The minimum Gasteiger partial charge on any atom is -0.330 e. The molecule has 0 heterocycles. The molecule has 0 spiro atoms. The fourth-order valence-electron chi connectivity index (χ4n) is 2.22. The van der Waals surface area contributed by atoms with E-state index in [1.54, 1.807) is 6.07 Å². The molecule has 3 heteroatoms. The molecule has 1 nitrogen and oxygen atoms in total. The molecule has 1 saturated carbocycles. The first kappa shape index (κ1) is 11.1. The summed E-state index contributed by atoms with van der Waals surface area (Å²) in [6.07, 6.45) is 4.49. The van der Waals surface area contributed by atoms with Crippen LogP contribution in [-0.2, 0) is 6.42 Å². The number of nitrogens with two attached hydrogens (primary N) is 1. The largest absolute Gasteiger partial charge is 0.330 e. The summed E-state index contributed by atoms with van der Waals surface area (Å²) in [5.41, 5.74) is 7.07. The van der Waals surface area contributed by atoms with E-state index >= 15 is 0 Å². The Hall–Kier alpha value is -0.410. The zero-order valence-electron chi connectivity index (χ0n) is 8.60. The maximum atomic E-state index is 13.3. The lowest BCUT2D eigenvalue weighted by Crippen LogP contribution is -2.39. The van der Waals surface area contributed by atoms with Gasteiger partial charge in [-0.05, 0) is 58.8 Å². The van der Waals surface area contributed by atoms with Crippen molar-refractivity contribution >= 4 is 15.9 Å². The lowest BCUT2D eigenvalue weighted by molar-refractivity contribution is 0.144. The van der Waals surface area contributed by atoms with Crippen LogP contribution in [0.15, 0.2) is 22.7 Å². The Morgan fingerprint density at radius 2 is 2.13 bits per heavy atom. The average molecular weight is 272 g/mol. The summed E-state index contributed by atoms with van der Waals surface area (Å²) in [6, 6.07) is 5.21. The van der Waals surface area contributed by atoms with E-state index < -0.39 is 0 Å². The Kier molecular flexibility index (Phi) is 3.12. The predicted octanol–water partition coefficient (Wildman–Crippen LogP) is 3.26. The molecule has 0 aliphatic heterocycles. The van der Waals surface area contributed by atoms with Gasteiger partial charge in [0.15, 0.2) is 0 Å². The molecule has 1 aromatic rings. The minimum atomic E-state index is -0.181. The third-order valence-electron chi connectivity index (χ3n) is 3.44. The van der Waals surface area contributed by atoms with Crippen molar-refractivity contribution in [1.29, 1.82) is 0 Å². The van der Waals surface area contributed by atoms with Crippen molar-refractivity contribution < 1.29 is 4.39 Å². The van der Waals surface area contributed by atoms with Gasteiger partial charge in [0.05, 0.1) is 4.47 Å². The van der Waals surface area contributed by atoms with Crippen LogP contribution in [0.3, 0.4) is 0 Å². The molecule has 1 fully saturated rings. The van der Waals surface area contributed by atoms with Crippen molar-refractivity contribution in [2.24, 2.45) is 11.1 Å². The minimum absolute atomic E-state index is 0.181. The molecular formula is C12H15BrFN. The molecule has 82 valence electrons. The maximum absolute atomic E-state index is 13.3. The molecule has 15 heavy (non-hydrogen) atoms. The van der Waals surface area contributed by atoms with Gasteiger partial charge < -0.3 is 5.73 Å². The fraction of sp³-hybridized carbons (Fsp3) is 0.500. The average Bonchev–Trinajstić information content (AvgIpc) is 2.18. The highest BCUT2D eigenvalue weighted by atomic mass is 79.9. The highest BCUT2D eigenvalue weighted by Crippen LogP contribution is 2.43. The molecule has 0 radical (unpaired) electrons. The Morgan fingerprint density at radius 1 is 1.40 bits per heavy atom. The van der Waals surface area contributed by atoms with E-state index in [9.17, 15) is 4.39 Å². The summed E-state index contributed by atoms with van der Waals surface area (Å²) in [5.74, 6) is -0.181. The second-order valence-electron chi connectivity index (χ2n) is 4.45. The molecule has 0 atom stereocenters. The molecule has 1 aliphatic carbocycles. The van der Waals surface area contributed by atoms with Crippen LogP contribution < -0.4 is 5.73 Å². The van der Waals surface area contributed by atoms with Crippen molar-refractivity contribution in [3.63, 3.8) is 0 Å². The van der Waals surface area contributed by atoms with Crippen LogP contribution in [0.4, 0.5) is 4.39 Å². The smallest absolute Gasteiger partial charge is 0.137 e. The first-order chi connectivity index (χ1) is 7.17. The number of halogens is 2. The molecule has 0 amide bonds. The second kappa shape index (κ2) is 4.22. The Bertz CT molecular complexity index is 355. The molecular weight excluding hydrogens is 257 g/mol. The molecule has 0 bridgehead atoms. The van der Waals surface area contributed by atoms with Gasteiger partial charge in [0, 0.05) is 0 Å². The number of rotatable bonds is 3. The van der Waals surface area contributed by atoms with Gasteiger partial charge >= 0.3 is 0 Å². The lowest BCUT2D eigenvalue weighted by Gasteiger charge is -2.41. The summed E-state index contributed by atoms with van der Waals surface area (Å²) in [4.78, 5) is 0. The molecule has 2 N–H and O–H groups in total. The van der Waals surface area contributed by atoms with Gasteiger partial charge in [-0.1, -0.05) is 18.6 Å². The molecule has 2 rings (SSSR count). The maximum Gasteiger partial charge on any atom is 0.137 e. The lowest BCUT2D eigenvalue weighted by atomic mass is 9.65. The first-order valence-electron chi connectivity index (χ1n) is 5.30. The zero-order chi connectivity index (χ0) is 10.9. The quantitative estimate of drug-likeness (QED) is 0.898. The van der Waals surface area contributed by atoms with Crippen LogP contribution in [0.25, 0.3) is 0 Å². The van der Waals surface area contributed by atoms with Gasteiger partial charge in [0.25, 0.3) is 0 Å². The van der Waals surface area contributed by atoms with E-state index in [1.165, 1.54) is 25.3 Å². The zero-order valence-corrected chi connectivity index (χ0v) is 10.2. The van der Waals surface area contributed by atoms with Crippen LogP contribution in [-0.4, -0.2) is 6.54 Å². The van der Waals surface area contributed by atoms with Gasteiger partial charge in [0.1, 0.15) is 5.82 Å². The summed E-state index contributed by atoms with van der Waals surface area (Å²) in [6.45, 7) is 0.704. The van der Waals surface area contributed by atoms with E-state index in [1.807, 2.05) is 6.07 Å². The van der Waals surface area contributed by atoms with E-state index in [-0.39, 0.29) is 11.2 Å². The van der Waals surface area contributed by atoms with Gasteiger partial charge in [-0.2, -0.15) is 0 Å². The molecule has 0 aromatic heterocycles.